The van der Waals surface area contributed by atoms with E-state index in [0.717, 1.165) is 6.08 Å². The van der Waals surface area contributed by atoms with E-state index in [9.17, 15) is 4.79 Å². The van der Waals surface area contributed by atoms with Crippen molar-refractivity contribution in [2.45, 2.75) is 14.9 Å². The molecule has 0 N–H and O–H groups in total. The second-order valence-corrected chi connectivity index (χ2v) is 0.727. The van der Waals surface area contributed by atoms with Crippen LogP contribution in [0.1, 0.15) is 14.9 Å². The first-order valence-electron chi connectivity index (χ1n) is 1.80. The third-order valence-corrected chi connectivity index (χ3v) is 0.368. The van der Waals surface area contributed by atoms with Crippen LogP contribution in [0.2, 0.25) is 0 Å². The van der Waals surface area contributed by atoms with Crippen LogP contribution in [0.4, 0.5) is 0 Å². The molecule has 0 aromatic carbocycles. The van der Waals surface area contributed by atoms with Gasteiger partial charge in [0.15, 0.2) is 0 Å². The van der Waals surface area contributed by atoms with Gasteiger partial charge in [-0.05, 0) is 0 Å². The van der Waals surface area contributed by atoms with Gasteiger partial charge in [0.1, 0.15) is 6.79 Å². The predicted octanol–water partition coefficient (Wildman–Crippen LogP) is 1.43. The molecule has 0 aliphatic heterocycles. The van der Waals surface area contributed by atoms with Crippen molar-refractivity contribution in [3.63, 3.8) is 0 Å². The molecule has 0 saturated heterocycles. The zero-order chi connectivity index (χ0) is 6.99. The summed E-state index contributed by atoms with van der Waals surface area (Å²) in [5.74, 6) is -0.394. The molecule has 0 radical (unpaired) electrons. The molecule has 0 aromatic heterocycles. The van der Waals surface area contributed by atoms with Crippen molar-refractivity contribution in [1.29, 1.82) is 0 Å². The summed E-state index contributed by atoms with van der Waals surface area (Å²) in [5.41, 5.74) is 0. The summed E-state index contributed by atoms with van der Waals surface area (Å²) in [6, 6.07) is 0. The monoisotopic (exact) mass is 148 g/mol. The molecule has 0 saturated carbocycles. The van der Waals surface area contributed by atoms with Gasteiger partial charge in [0, 0.05) is 6.08 Å². The third-order valence-electron chi connectivity index (χ3n) is 0.368. The number of carbonyl (C=O) groups is 2. The lowest BCUT2D eigenvalue weighted by Gasteiger charge is -1.83. The Morgan fingerprint density at radius 3 is 1.70 bits per heavy atom. The van der Waals surface area contributed by atoms with E-state index in [1.54, 1.807) is 0 Å². The number of carbonyl (C=O) groups excluding carboxylic acids is 2. The smallest absolute Gasteiger partial charge is 0.329 e. The topological polar surface area (TPSA) is 43.4 Å². The second kappa shape index (κ2) is 24.8. The highest BCUT2D eigenvalue weighted by Crippen LogP contribution is 1.67. The summed E-state index contributed by atoms with van der Waals surface area (Å²) in [4.78, 5) is 17.8. The standard InChI is InChI=1S/C4H6O2.CH2O.2CH4/c1-3-4(5)6-2;1-2;;/h3H,1H2,2H3;1H2;2*1H4. The Balaban J connectivity index is -0.0000000412. The Morgan fingerprint density at radius 2 is 1.70 bits per heavy atom. The molecule has 0 aromatic rings. The molecule has 0 rings (SSSR count). The van der Waals surface area contributed by atoms with Crippen molar-refractivity contribution in [3.05, 3.63) is 12.7 Å². The summed E-state index contributed by atoms with van der Waals surface area (Å²) in [7, 11) is 1.31. The fraction of sp³-hybridized carbons (Fsp3) is 0.429. The van der Waals surface area contributed by atoms with Gasteiger partial charge >= 0.3 is 5.97 Å². The Morgan fingerprint density at radius 1 is 1.40 bits per heavy atom. The maximum atomic E-state index is 9.84. The lowest BCUT2D eigenvalue weighted by molar-refractivity contribution is -0.134. The van der Waals surface area contributed by atoms with Gasteiger partial charge in [0.2, 0.25) is 0 Å². The number of rotatable bonds is 1. The molecular weight excluding hydrogens is 132 g/mol. The molecule has 0 amide bonds. The van der Waals surface area contributed by atoms with Crippen LogP contribution < -0.4 is 0 Å². The molecule has 0 unspecified atom stereocenters. The van der Waals surface area contributed by atoms with Crippen LogP contribution in [0.3, 0.4) is 0 Å². The summed E-state index contributed by atoms with van der Waals surface area (Å²) in [5, 5.41) is 0. The molecule has 0 fully saturated rings. The molecule has 0 atom stereocenters. The van der Waals surface area contributed by atoms with Gasteiger partial charge in [-0.25, -0.2) is 4.79 Å². The van der Waals surface area contributed by atoms with Crippen LogP contribution >= 0.6 is 0 Å². The summed E-state index contributed by atoms with van der Waals surface area (Å²) in [6.45, 7) is 5.16. The van der Waals surface area contributed by atoms with Crippen LogP contribution in [-0.4, -0.2) is 19.9 Å². The Labute approximate surface area is 62.7 Å². The average molecular weight is 148 g/mol. The van der Waals surface area contributed by atoms with Crippen molar-refractivity contribution in [1.82, 2.24) is 0 Å². The Bertz CT molecular complexity index is 78.9. The van der Waals surface area contributed by atoms with Crippen LogP contribution in [-0.2, 0) is 14.3 Å². The largest absolute Gasteiger partial charge is 0.466 e. The summed E-state index contributed by atoms with van der Waals surface area (Å²) in [6.07, 6.45) is 1.11. The molecule has 0 aliphatic rings. The molecular formula is C7H16O3. The number of methoxy groups -OCH3 is 1. The maximum Gasteiger partial charge on any atom is 0.329 e. The van der Waals surface area contributed by atoms with Gasteiger partial charge in [-0.2, -0.15) is 0 Å². The average Bonchev–Trinajstić information content (AvgIpc) is 1.91. The van der Waals surface area contributed by atoms with Crippen molar-refractivity contribution in [2.75, 3.05) is 7.11 Å². The van der Waals surface area contributed by atoms with E-state index in [1.165, 1.54) is 7.11 Å². The summed E-state index contributed by atoms with van der Waals surface area (Å²) < 4.78 is 4.14. The number of ether oxygens (including phenoxy) is 1. The van der Waals surface area contributed by atoms with E-state index in [-0.39, 0.29) is 14.9 Å². The molecule has 0 bridgehead atoms. The third kappa shape index (κ3) is 28.7. The number of hydrogen-bond donors (Lipinski definition) is 0. The molecule has 0 aliphatic carbocycles. The van der Waals surface area contributed by atoms with Crippen molar-refractivity contribution >= 4 is 12.8 Å². The SMILES string of the molecule is C.C.C=CC(=O)OC.C=O. The van der Waals surface area contributed by atoms with Gasteiger partial charge in [0.05, 0.1) is 7.11 Å². The van der Waals surface area contributed by atoms with E-state index < -0.39 is 5.97 Å². The maximum absolute atomic E-state index is 9.84. The van der Waals surface area contributed by atoms with Crippen LogP contribution in [0.15, 0.2) is 12.7 Å². The first kappa shape index (κ1) is 23.2. The number of hydrogen-bond acceptors (Lipinski definition) is 3. The van der Waals surface area contributed by atoms with Gasteiger partial charge in [0.25, 0.3) is 0 Å². The van der Waals surface area contributed by atoms with E-state index in [2.05, 4.69) is 11.3 Å². The number of esters is 1. The Kier molecular flexibility index (Phi) is 57.4. The van der Waals surface area contributed by atoms with Crippen LogP contribution in [0.25, 0.3) is 0 Å². The molecule has 0 heterocycles. The minimum atomic E-state index is -0.394. The molecule has 3 heteroatoms. The van der Waals surface area contributed by atoms with E-state index in [4.69, 9.17) is 4.79 Å². The zero-order valence-corrected chi connectivity index (χ0v) is 4.72. The van der Waals surface area contributed by atoms with Crippen molar-refractivity contribution in [3.8, 4) is 0 Å². The molecule has 0 spiro atoms. The van der Waals surface area contributed by atoms with Crippen LogP contribution in [0, 0.1) is 0 Å². The normalized spacial score (nSPS) is 4.50. The van der Waals surface area contributed by atoms with Gasteiger partial charge in [-0.1, -0.05) is 21.4 Å². The van der Waals surface area contributed by atoms with Crippen LogP contribution in [0.5, 0.6) is 0 Å². The summed E-state index contributed by atoms with van der Waals surface area (Å²) >= 11 is 0. The first-order chi connectivity index (χ1) is 3.81. The molecule has 10 heavy (non-hydrogen) atoms. The fourth-order valence-electron chi connectivity index (χ4n) is 0.0833. The van der Waals surface area contributed by atoms with E-state index in [1.807, 2.05) is 6.79 Å². The lowest BCUT2D eigenvalue weighted by atomic mass is 10.7. The van der Waals surface area contributed by atoms with E-state index in [0.29, 0.717) is 0 Å². The minimum Gasteiger partial charge on any atom is -0.466 e. The predicted molar refractivity (Wildman–Crippen MR) is 42.8 cm³/mol. The van der Waals surface area contributed by atoms with Gasteiger partial charge < -0.3 is 9.53 Å². The van der Waals surface area contributed by atoms with Gasteiger partial charge in [-0.15, -0.1) is 0 Å². The van der Waals surface area contributed by atoms with E-state index >= 15 is 0 Å². The molecule has 3 nitrogen and oxygen atoms in total. The zero-order valence-electron chi connectivity index (χ0n) is 4.72. The van der Waals surface area contributed by atoms with Gasteiger partial charge in [-0.3, -0.25) is 0 Å². The highest BCUT2D eigenvalue weighted by Gasteiger charge is 1.81. The van der Waals surface area contributed by atoms with Crippen molar-refractivity contribution in [2.24, 2.45) is 0 Å². The lowest BCUT2D eigenvalue weighted by Crippen LogP contribution is -1.91. The highest BCUT2D eigenvalue weighted by atomic mass is 16.5. The molecule has 62 valence electrons. The first-order valence-corrected chi connectivity index (χ1v) is 1.80. The van der Waals surface area contributed by atoms with Crippen molar-refractivity contribution < 1.29 is 14.3 Å². The quantitative estimate of drug-likeness (QED) is 0.417. The highest BCUT2D eigenvalue weighted by molar-refractivity contribution is 5.80. The fourth-order valence-corrected chi connectivity index (χ4v) is 0.0833. The minimum absolute atomic E-state index is 0. The second-order valence-electron chi connectivity index (χ2n) is 0.727. The Hall–Kier alpha value is -1.12.